The summed E-state index contributed by atoms with van der Waals surface area (Å²) in [4.78, 5) is 25.0. The summed E-state index contributed by atoms with van der Waals surface area (Å²) in [6.45, 7) is 2.49. The van der Waals surface area contributed by atoms with E-state index in [1.165, 1.54) is 0 Å². The Hall–Kier alpha value is -1.75. The minimum Gasteiger partial charge on any atom is -0.484 e. The highest BCUT2D eigenvalue weighted by molar-refractivity contribution is 6.30. The number of amides is 1. The van der Waals surface area contributed by atoms with Crippen LogP contribution < -0.4 is 4.74 Å². The van der Waals surface area contributed by atoms with Crippen LogP contribution in [0.25, 0.3) is 0 Å². The molecule has 1 amide bonds. The molecule has 22 heavy (non-hydrogen) atoms. The Morgan fingerprint density at radius 2 is 2.05 bits per heavy atom. The van der Waals surface area contributed by atoms with Crippen molar-refractivity contribution in [2.45, 2.75) is 32.2 Å². The van der Waals surface area contributed by atoms with Crippen LogP contribution in [0.1, 0.15) is 26.2 Å². The molecule has 0 saturated carbocycles. The van der Waals surface area contributed by atoms with E-state index in [9.17, 15) is 9.59 Å². The fourth-order valence-corrected chi connectivity index (χ4v) is 2.93. The second-order valence-electron chi connectivity index (χ2n) is 5.61. The molecule has 1 aliphatic rings. The lowest BCUT2D eigenvalue weighted by Crippen LogP contribution is -2.50. The van der Waals surface area contributed by atoms with Crippen molar-refractivity contribution in [2.75, 3.05) is 13.2 Å². The first-order valence-corrected chi connectivity index (χ1v) is 7.75. The Morgan fingerprint density at radius 3 is 2.68 bits per heavy atom. The van der Waals surface area contributed by atoms with Crippen molar-refractivity contribution in [1.82, 2.24) is 4.90 Å². The van der Waals surface area contributed by atoms with Gasteiger partial charge in [0.2, 0.25) is 0 Å². The van der Waals surface area contributed by atoms with Gasteiger partial charge in [-0.05, 0) is 43.0 Å². The second kappa shape index (κ2) is 7.49. The average Bonchev–Trinajstić information content (AvgIpc) is 2.48. The minimum atomic E-state index is -0.879. The first kappa shape index (κ1) is 16.6. The molecule has 6 heteroatoms. The number of carboxylic acid groups (broad SMARTS) is 1. The Kier molecular flexibility index (Phi) is 5.66. The number of likely N-dealkylation sites (tertiary alicyclic amines) is 1. The zero-order valence-electron chi connectivity index (χ0n) is 12.5. The van der Waals surface area contributed by atoms with Crippen LogP contribution in [0, 0.1) is 5.92 Å². The minimum absolute atomic E-state index is 0.0200. The van der Waals surface area contributed by atoms with E-state index in [2.05, 4.69) is 0 Å². The van der Waals surface area contributed by atoms with Gasteiger partial charge in [-0.1, -0.05) is 18.5 Å². The van der Waals surface area contributed by atoms with Crippen molar-refractivity contribution < 1.29 is 19.4 Å². The van der Waals surface area contributed by atoms with Crippen molar-refractivity contribution in [3.63, 3.8) is 0 Å². The molecule has 0 aromatic heterocycles. The quantitative estimate of drug-likeness (QED) is 0.904. The van der Waals surface area contributed by atoms with Gasteiger partial charge in [-0.25, -0.2) is 0 Å². The van der Waals surface area contributed by atoms with Gasteiger partial charge < -0.3 is 14.7 Å². The lowest BCUT2D eigenvalue weighted by atomic mass is 9.88. The summed E-state index contributed by atoms with van der Waals surface area (Å²) in [5, 5.41) is 9.64. The lowest BCUT2D eigenvalue weighted by Gasteiger charge is -2.39. The highest BCUT2D eigenvalue weighted by Crippen LogP contribution is 2.26. The molecule has 5 nitrogen and oxygen atoms in total. The van der Waals surface area contributed by atoms with Crippen LogP contribution >= 0.6 is 11.6 Å². The van der Waals surface area contributed by atoms with E-state index in [1.807, 2.05) is 6.92 Å². The number of carbonyl (C=O) groups excluding carboxylic acids is 1. The molecule has 1 aromatic rings. The molecule has 1 aromatic carbocycles. The summed E-state index contributed by atoms with van der Waals surface area (Å²) >= 11 is 5.79. The number of hydrogen-bond donors (Lipinski definition) is 1. The average molecular weight is 326 g/mol. The number of carbonyl (C=O) groups is 2. The van der Waals surface area contributed by atoms with Gasteiger partial charge in [-0.3, -0.25) is 9.59 Å². The smallest absolute Gasteiger partial charge is 0.305 e. The third-order valence-corrected chi connectivity index (χ3v) is 4.25. The van der Waals surface area contributed by atoms with Gasteiger partial charge in [0.25, 0.3) is 5.91 Å². The molecule has 0 spiro atoms. The Morgan fingerprint density at radius 1 is 1.36 bits per heavy atom. The Labute approximate surface area is 134 Å². The molecule has 0 radical (unpaired) electrons. The molecule has 2 unspecified atom stereocenters. The normalized spacial score (nSPS) is 21.5. The molecule has 2 rings (SSSR count). The number of nitrogens with zero attached hydrogens (tertiary/aromatic N) is 1. The van der Waals surface area contributed by atoms with Gasteiger partial charge in [0.05, 0.1) is 6.42 Å². The van der Waals surface area contributed by atoms with E-state index >= 15 is 0 Å². The van der Waals surface area contributed by atoms with Gasteiger partial charge >= 0.3 is 5.97 Å². The fraction of sp³-hybridized carbons (Fsp3) is 0.500. The molecular weight excluding hydrogens is 306 g/mol. The van der Waals surface area contributed by atoms with Crippen LogP contribution in [0.3, 0.4) is 0 Å². The summed E-state index contributed by atoms with van der Waals surface area (Å²) in [6, 6.07) is 6.52. The number of halogens is 1. The SMILES string of the molecule is CC1CCCN(C(=O)COc2ccc(Cl)cc2)C1CC(=O)O. The van der Waals surface area contributed by atoms with E-state index in [0.29, 0.717) is 17.3 Å². The zero-order chi connectivity index (χ0) is 16.1. The van der Waals surface area contributed by atoms with Crippen LogP contribution in [0.5, 0.6) is 5.75 Å². The van der Waals surface area contributed by atoms with E-state index < -0.39 is 5.97 Å². The van der Waals surface area contributed by atoms with E-state index in [4.69, 9.17) is 21.4 Å². The summed E-state index contributed by atoms with van der Waals surface area (Å²) in [5.41, 5.74) is 0. The third-order valence-electron chi connectivity index (χ3n) is 4.00. The van der Waals surface area contributed by atoms with Gasteiger partial charge in [-0.2, -0.15) is 0 Å². The summed E-state index contributed by atoms with van der Waals surface area (Å²) in [6.07, 6.45) is 1.82. The lowest BCUT2D eigenvalue weighted by molar-refractivity contribution is -0.144. The zero-order valence-corrected chi connectivity index (χ0v) is 13.3. The predicted molar refractivity (Wildman–Crippen MR) is 83.1 cm³/mol. The third kappa shape index (κ3) is 4.37. The van der Waals surface area contributed by atoms with Gasteiger partial charge in [-0.15, -0.1) is 0 Å². The maximum Gasteiger partial charge on any atom is 0.305 e. The highest BCUT2D eigenvalue weighted by Gasteiger charge is 2.33. The Balaban J connectivity index is 1.96. The number of ether oxygens (including phenoxy) is 1. The summed E-state index contributed by atoms with van der Waals surface area (Å²) in [5.74, 6) is -0.301. The van der Waals surface area contributed by atoms with Gasteiger partial charge in [0, 0.05) is 17.6 Å². The maximum absolute atomic E-state index is 12.4. The molecular formula is C16H20ClNO4. The van der Waals surface area contributed by atoms with Crippen LogP contribution in [-0.4, -0.2) is 41.1 Å². The molecule has 1 aliphatic heterocycles. The van der Waals surface area contributed by atoms with Crippen molar-refractivity contribution in [3.05, 3.63) is 29.3 Å². The first-order chi connectivity index (χ1) is 10.5. The van der Waals surface area contributed by atoms with E-state index in [-0.39, 0.29) is 30.9 Å². The molecule has 0 aliphatic carbocycles. The monoisotopic (exact) mass is 325 g/mol. The maximum atomic E-state index is 12.4. The predicted octanol–water partition coefficient (Wildman–Crippen LogP) is 2.82. The van der Waals surface area contributed by atoms with Crippen molar-refractivity contribution >= 4 is 23.5 Å². The summed E-state index contributed by atoms with van der Waals surface area (Å²) in [7, 11) is 0. The van der Waals surface area contributed by atoms with Crippen LogP contribution in [-0.2, 0) is 9.59 Å². The van der Waals surface area contributed by atoms with E-state index in [1.54, 1.807) is 29.2 Å². The van der Waals surface area contributed by atoms with Crippen molar-refractivity contribution in [3.8, 4) is 5.75 Å². The number of benzene rings is 1. The molecule has 1 heterocycles. The van der Waals surface area contributed by atoms with Crippen LogP contribution in [0.15, 0.2) is 24.3 Å². The standard InChI is InChI=1S/C16H20ClNO4/c1-11-3-2-8-18(14(11)9-16(20)21)15(19)10-22-13-6-4-12(17)5-7-13/h4-7,11,14H,2-3,8-10H2,1H3,(H,20,21). The fourth-order valence-electron chi connectivity index (χ4n) is 2.81. The van der Waals surface area contributed by atoms with Crippen LogP contribution in [0.2, 0.25) is 5.02 Å². The molecule has 120 valence electrons. The largest absolute Gasteiger partial charge is 0.484 e. The molecule has 2 atom stereocenters. The topological polar surface area (TPSA) is 66.8 Å². The van der Waals surface area contributed by atoms with Gasteiger partial charge in [0.1, 0.15) is 5.75 Å². The second-order valence-corrected chi connectivity index (χ2v) is 6.05. The van der Waals surface area contributed by atoms with Crippen LogP contribution in [0.4, 0.5) is 0 Å². The van der Waals surface area contributed by atoms with E-state index in [0.717, 1.165) is 12.8 Å². The number of carboxylic acids is 1. The van der Waals surface area contributed by atoms with Gasteiger partial charge in [0.15, 0.2) is 6.61 Å². The summed E-state index contributed by atoms with van der Waals surface area (Å²) < 4.78 is 5.47. The first-order valence-electron chi connectivity index (χ1n) is 7.37. The molecule has 1 fully saturated rings. The Bertz CT molecular complexity index is 531. The number of aliphatic carboxylic acids is 1. The van der Waals surface area contributed by atoms with Crippen molar-refractivity contribution in [1.29, 1.82) is 0 Å². The molecule has 0 bridgehead atoms. The molecule has 1 saturated heterocycles. The highest BCUT2D eigenvalue weighted by atomic mass is 35.5. The van der Waals surface area contributed by atoms with Crippen molar-refractivity contribution in [2.24, 2.45) is 5.92 Å². The number of rotatable bonds is 5. The number of hydrogen-bond acceptors (Lipinski definition) is 3. The number of piperidine rings is 1. The molecule has 1 N–H and O–H groups in total.